The molecule has 0 spiro atoms. The summed E-state index contributed by atoms with van der Waals surface area (Å²) in [6, 6.07) is 0. The third-order valence-electron chi connectivity index (χ3n) is 1.82. The first-order valence-corrected chi connectivity index (χ1v) is 4.51. The fourth-order valence-electron chi connectivity index (χ4n) is 1.32. The predicted octanol–water partition coefficient (Wildman–Crippen LogP) is 2.30. The number of aryl methyl sites for hydroxylation is 2. The molecule has 2 heterocycles. The molecule has 0 aliphatic rings. The Morgan fingerprint density at radius 1 is 1.15 bits per heavy atom. The molecule has 0 aromatic carbocycles. The average Bonchev–Trinajstić information content (AvgIpc) is 2.53. The van der Waals surface area contributed by atoms with Gasteiger partial charge in [-0.15, -0.1) is 0 Å². The molecular formula is C10H15N3. The van der Waals surface area contributed by atoms with Crippen LogP contribution in [0, 0.1) is 6.92 Å². The van der Waals surface area contributed by atoms with E-state index in [9.17, 15) is 0 Å². The van der Waals surface area contributed by atoms with Crippen molar-refractivity contribution >= 4 is 10.9 Å². The molecule has 2 aromatic heterocycles. The minimum atomic E-state index is 1.10. The van der Waals surface area contributed by atoms with E-state index in [0.717, 1.165) is 5.39 Å². The lowest BCUT2D eigenvalue weighted by atomic mass is 10.2. The van der Waals surface area contributed by atoms with Crippen molar-refractivity contribution < 1.29 is 0 Å². The molecule has 0 saturated carbocycles. The third-order valence-corrected chi connectivity index (χ3v) is 1.82. The van der Waals surface area contributed by atoms with E-state index < -0.39 is 0 Å². The molecule has 0 N–H and O–H groups in total. The SMILES string of the molecule is CC.Cc1cncc2cnn(C)c12. The largest absolute Gasteiger partial charge is 0.268 e. The second kappa shape index (κ2) is 4.03. The number of fused-ring (bicyclic) bond motifs is 1. The van der Waals surface area contributed by atoms with Crippen molar-refractivity contribution in [2.24, 2.45) is 7.05 Å². The number of pyridine rings is 1. The van der Waals surface area contributed by atoms with E-state index in [1.165, 1.54) is 11.1 Å². The lowest BCUT2D eigenvalue weighted by molar-refractivity contribution is 0.794. The van der Waals surface area contributed by atoms with E-state index >= 15 is 0 Å². The number of rotatable bonds is 0. The van der Waals surface area contributed by atoms with Gasteiger partial charge in [0.15, 0.2) is 0 Å². The van der Waals surface area contributed by atoms with Crippen molar-refractivity contribution in [3.8, 4) is 0 Å². The Balaban J connectivity index is 0.000000396. The molecule has 13 heavy (non-hydrogen) atoms. The third kappa shape index (κ3) is 1.69. The minimum absolute atomic E-state index is 1.10. The van der Waals surface area contributed by atoms with E-state index in [2.05, 4.69) is 10.1 Å². The predicted molar refractivity (Wildman–Crippen MR) is 54.6 cm³/mol. The summed E-state index contributed by atoms with van der Waals surface area (Å²) in [5.41, 5.74) is 2.34. The minimum Gasteiger partial charge on any atom is -0.268 e. The molecular weight excluding hydrogens is 162 g/mol. The van der Waals surface area contributed by atoms with Gasteiger partial charge in [0.2, 0.25) is 0 Å². The van der Waals surface area contributed by atoms with Crippen LogP contribution < -0.4 is 0 Å². The summed E-state index contributed by atoms with van der Waals surface area (Å²) in [7, 11) is 1.94. The molecule has 0 aliphatic heterocycles. The van der Waals surface area contributed by atoms with Crippen molar-refractivity contribution in [1.29, 1.82) is 0 Å². The molecule has 3 nitrogen and oxygen atoms in total. The van der Waals surface area contributed by atoms with E-state index in [-0.39, 0.29) is 0 Å². The highest BCUT2D eigenvalue weighted by atomic mass is 15.2. The molecule has 0 aliphatic carbocycles. The van der Waals surface area contributed by atoms with Crippen LogP contribution in [0.25, 0.3) is 10.9 Å². The van der Waals surface area contributed by atoms with Gasteiger partial charge in [0.05, 0.1) is 11.7 Å². The van der Waals surface area contributed by atoms with Gasteiger partial charge >= 0.3 is 0 Å². The van der Waals surface area contributed by atoms with Crippen LogP contribution in [0.3, 0.4) is 0 Å². The summed E-state index contributed by atoms with van der Waals surface area (Å²) < 4.78 is 1.87. The molecule has 2 aromatic rings. The normalized spacial score (nSPS) is 9.54. The molecule has 0 saturated heterocycles. The lowest BCUT2D eigenvalue weighted by Gasteiger charge is -1.96. The number of hydrogen-bond acceptors (Lipinski definition) is 2. The quantitative estimate of drug-likeness (QED) is 0.618. The Kier molecular flexibility index (Phi) is 3.01. The zero-order valence-electron chi connectivity index (χ0n) is 8.57. The van der Waals surface area contributed by atoms with Crippen LogP contribution in [0.4, 0.5) is 0 Å². The first-order chi connectivity index (χ1) is 6.29. The van der Waals surface area contributed by atoms with Gasteiger partial charge in [0.25, 0.3) is 0 Å². The highest BCUT2D eigenvalue weighted by molar-refractivity contribution is 5.80. The topological polar surface area (TPSA) is 30.7 Å². The first kappa shape index (κ1) is 9.71. The summed E-state index contributed by atoms with van der Waals surface area (Å²) in [6.45, 7) is 6.04. The monoisotopic (exact) mass is 177 g/mol. The molecule has 2 rings (SSSR count). The Labute approximate surface area is 78.4 Å². The van der Waals surface area contributed by atoms with E-state index in [0.29, 0.717) is 0 Å². The van der Waals surface area contributed by atoms with Crippen LogP contribution in [0.15, 0.2) is 18.6 Å². The molecule has 0 bridgehead atoms. The van der Waals surface area contributed by atoms with E-state index in [4.69, 9.17) is 0 Å². The fourth-order valence-corrected chi connectivity index (χ4v) is 1.32. The van der Waals surface area contributed by atoms with E-state index in [1.807, 2.05) is 51.1 Å². The van der Waals surface area contributed by atoms with Crippen molar-refractivity contribution in [2.45, 2.75) is 20.8 Å². The smallest absolute Gasteiger partial charge is 0.0739 e. The van der Waals surface area contributed by atoms with Crippen LogP contribution in [0.5, 0.6) is 0 Å². The molecule has 0 atom stereocenters. The maximum atomic E-state index is 4.13. The highest BCUT2D eigenvalue weighted by Gasteiger charge is 2.00. The molecule has 0 amide bonds. The van der Waals surface area contributed by atoms with Gasteiger partial charge in [-0.1, -0.05) is 13.8 Å². The van der Waals surface area contributed by atoms with Crippen molar-refractivity contribution in [3.63, 3.8) is 0 Å². The Morgan fingerprint density at radius 3 is 2.46 bits per heavy atom. The number of hydrogen-bond donors (Lipinski definition) is 0. The number of aromatic nitrogens is 3. The van der Waals surface area contributed by atoms with Gasteiger partial charge in [0.1, 0.15) is 0 Å². The Morgan fingerprint density at radius 2 is 1.85 bits per heavy atom. The maximum Gasteiger partial charge on any atom is 0.0739 e. The van der Waals surface area contributed by atoms with Gasteiger partial charge < -0.3 is 0 Å². The Hall–Kier alpha value is -1.38. The molecule has 0 radical (unpaired) electrons. The molecule has 0 fully saturated rings. The van der Waals surface area contributed by atoms with E-state index in [1.54, 1.807) is 0 Å². The Bertz CT molecular complexity index is 390. The van der Waals surface area contributed by atoms with Crippen molar-refractivity contribution in [2.75, 3.05) is 0 Å². The second-order valence-electron chi connectivity index (χ2n) is 2.66. The summed E-state index contributed by atoms with van der Waals surface area (Å²) in [5, 5.41) is 5.24. The van der Waals surface area contributed by atoms with Gasteiger partial charge in [-0.25, -0.2) is 0 Å². The van der Waals surface area contributed by atoms with Gasteiger partial charge in [-0.2, -0.15) is 5.10 Å². The zero-order valence-corrected chi connectivity index (χ0v) is 8.57. The van der Waals surface area contributed by atoms with Crippen LogP contribution in [0.1, 0.15) is 19.4 Å². The summed E-state index contributed by atoms with van der Waals surface area (Å²) >= 11 is 0. The second-order valence-corrected chi connectivity index (χ2v) is 2.66. The summed E-state index contributed by atoms with van der Waals surface area (Å²) in [5.74, 6) is 0. The van der Waals surface area contributed by atoms with Crippen LogP contribution in [-0.2, 0) is 7.05 Å². The van der Waals surface area contributed by atoms with Crippen molar-refractivity contribution in [1.82, 2.24) is 14.8 Å². The fraction of sp³-hybridized carbons (Fsp3) is 0.400. The van der Waals surface area contributed by atoms with Gasteiger partial charge in [-0.3, -0.25) is 9.67 Å². The maximum absolute atomic E-state index is 4.13. The standard InChI is InChI=1S/C8H9N3.C2H6/c1-6-3-9-4-7-5-10-11(2)8(6)7;1-2/h3-5H,1-2H3;1-2H3. The molecule has 0 unspecified atom stereocenters. The van der Waals surface area contributed by atoms with Crippen LogP contribution in [-0.4, -0.2) is 14.8 Å². The van der Waals surface area contributed by atoms with Gasteiger partial charge in [0, 0.05) is 24.8 Å². The molecule has 70 valence electrons. The highest BCUT2D eigenvalue weighted by Crippen LogP contribution is 2.14. The lowest BCUT2D eigenvalue weighted by Crippen LogP contribution is -1.91. The molecule has 3 heteroatoms. The summed E-state index contributed by atoms with van der Waals surface area (Å²) in [6.07, 6.45) is 5.51. The van der Waals surface area contributed by atoms with Crippen LogP contribution >= 0.6 is 0 Å². The average molecular weight is 177 g/mol. The van der Waals surface area contributed by atoms with Crippen molar-refractivity contribution in [3.05, 3.63) is 24.2 Å². The van der Waals surface area contributed by atoms with Crippen LogP contribution in [0.2, 0.25) is 0 Å². The van der Waals surface area contributed by atoms with Gasteiger partial charge in [-0.05, 0) is 12.5 Å². The zero-order chi connectivity index (χ0) is 9.84. The summed E-state index contributed by atoms with van der Waals surface area (Å²) in [4.78, 5) is 4.07. The number of nitrogens with zero attached hydrogens (tertiary/aromatic N) is 3. The first-order valence-electron chi connectivity index (χ1n) is 4.51.